The van der Waals surface area contributed by atoms with Crippen molar-refractivity contribution in [1.82, 2.24) is 4.98 Å². The Morgan fingerprint density at radius 2 is 1.92 bits per heavy atom. The van der Waals surface area contributed by atoms with Crippen LogP contribution < -0.4 is 19.7 Å². The van der Waals surface area contributed by atoms with Crippen molar-refractivity contribution >= 4 is 17.4 Å². The number of fused-ring (bicyclic) bond motifs is 1. The molecule has 0 saturated carbocycles. The van der Waals surface area contributed by atoms with Crippen molar-refractivity contribution in [2.24, 2.45) is 0 Å². The topological polar surface area (TPSA) is 63.7 Å². The first-order chi connectivity index (χ1) is 12.1. The first-order valence-corrected chi connectivity index (χ1v) is 8.39. The molecule has 6 nitrogen and oxygen atoms in total. The Hall–Kier alpha value is -2.76. The Labute approximate surface area is 147 Å². The van der Waals surface area contributed by atoms with E-state index < -0.39 is 0 Å². The molecular formula is C19H23N3O3. The summed E-state index contributed by atoms with van der Waals surface area (Å²) in [6.45, 7) is 3.51. The summed E-state index contributed by atoms with van der Waals surface area (Å²) in [5.41, 5.74) is 3.55. The number of ether oxygens (including phenoxy) is 2. The van der Waals surface area contributed by atoms with Crippen molar-refractivity contribution in [1.29, 1.82) is 0 Å². The van der Waals surface area contributed by atoms with Gasteiger partial charge in [-0.15, -0.1) is 0 Å². The SMILES string of the molecule is CCC(=O)Nc1ccc(N2CCc3cc(OC)c(OC)cc3C2)cn1. The third-order valence-corrected chi connectivity index (χ3v) is 4.42. The number of rotatable bonds is 5. The zero-order chi connectivity index (χ0) is 17.8. The molecule has 0 spiro atoms. The number of anilines is 2. The Morgan fingerprint density at radius 1 is 1.20 bits per heavy atom. The van der Waals surface area contributed by atoms with E-state index in [1.165, 1.54) is 11.1 Å². The lowest BCUT2D eigenvalue weighted by molar-refractivity contribution is -0.115. The summed E-state index contributed by atoms with van der Waals surface area (Å²) < 4.78 is 10.8. The summed E-state index contributed by atoms with van der Waals surface area (Å²) >= 11 is 0. The zero-order valence-electron chi connectivity index (χ0n) is 14.8. The average Bonchev–Trinajstić information content (AvgIpc) is 2.66. The van der Waals surface area contributed by atoms with Crippen LogP contribution in [0.25, 0.3) is 0 Å². The lowest BCUT2D eigenvalue weighted by atomic mass is 9.98. The highest BCUT2D eigenvalue weighted by Crippen LogP contribution is 2.34. The molecule has 1 aliphatic rings. The Balaban J connectivity index is 1.77. The number of hydrogen-bond donors (Lipinski definition) is 1. The van der Waals surface area contributed by atoms with Gasteiger partial charge in [-0.3, -0.25) is 4.79 Å². The minimum atomic E-state index is -0.0341. The van der Waals surface area contributed by atoms with Crippen LogP contribution in [0, 0.1) is 0 Å². The van der Waals surface area contributed by atoms with Crippen LogP contribution in [0.3, 0.4) is 0 Å². The molecule has 1 amide bonds. The van der Waals surface area contributed by atoms with Gasteiger partial charge in [0.05, 0.1) is 26.1 Å². The molecule has 1 aromatic carbocycles. The lowest BCUT2D eigenvalue weighted by Gasteiger charge is -2.31. The van der Waals surface area contributed by atoms with Crippen LogP contribution in [0.5, 0.6) is 11.5 Å². The molecule has 1 aliphatic heterocycles. The lowest BCUT2D eigenvalue weighted by Crippen LogP contribution is -2.30. The van der Waals surface area contributed by atoms with E-state index in [9.17, 15) is 4.79 Å². The quantitative estimate of drug-likeness (QED) is 0.906. The first kappa shape index (κ1) is 17.1. The van der Waals surface area contributed by atoms with Gasteiger partial charge < -0.3 is 19.7 Å². The number of pyridine rings is 1. The second-order valence-corrected chi connectivity index (χ2v) is 5.95. The van der Waals surface area contributed by atoms with Crippen molar-refractivity contribution < 1.29 is 14.3 Å². The molecule has 6 heteroatoms. The second kappa shape index (κ2) is 7.42. The monoisotopic (exact) mass is 341 g/mol. The molecule has 2 aromatic rings. The van der Waals surface area contributed by atoms with Crippen LogP contribution in [0.2, 0.25) is 0 Å². The number of nitrogens with one attached hydrogen (secondary N) is 1. The summed E-state index contributed by atoms with van der Waals surface area (Å²) in [5, 5.41) is 2.77. The highest BCUT2D eigenvalue weighted by atomic mass is 16.5. The number of carbonyl (C=O) groups excluding carboxylic acids is 1. The number of aromatic nitrogens is 1. The highest BCUT2D eigenvalue weighted by molar-refractivity contribution is 5.89. The van der Waals surface area contributed by atoms with Gasteiger partial charge in [0.1, 0.15) is 5.82 Å². The van der Waals surface area contributed by atoms with Crippen molar-refractivity contribution in [2.75, 3.05) is 31.0 Å². The van der Waals surface area contributed by atoms with Crippen molar-refractivity contribution in [3.63, 3.8) is 0 Å². The van der Waals surface area contributed by atoms with Crippen LogP contribution in [0.4, 0.5) is 11.5 Å². The molecule has 132 valence electrons. The molecule has 0 bridgehead atoms. The molecule has 1 aromatic heterocycles. The van der Waals surface area contributed by atoms with Gasteiger partial charge in [0, 0.05) is 19.5 Å². The summed E-state index contributed by atoms with van der Waals surface area (Å²) in [6.07, 6.45) is 3.18. The molecule has 0 saturated heterocycles. The van der Waals surface area contributed by atoms with E-state index >= 15 is 0 Å². The summed E-state index contributed by atoms with van der Waals surface area (Å²) in [5.74, 6) is 2.07. The van der Waals surface area contributed by atoms with E-state index in [0.717, 1.165) is 36.7 Å². The van der Waals surface area contributed by atoms with Gasteiger partial charge in [-0.2, -0.15) is 0 Å². The normalized spacial score (nSPS) is 13.2. The predicted molar refractivity (Wildman–Crippen MR) is 97.5 cm³/mol. The summed E-state index contributed by atoms with van der Waals surface area (Å²) in [6, 6.07) is 7.94. The number of methoxy groups -OCH3 is 2. The summed E-state index contributed by atoms with van der Waals surface area (Å²) in [7, 11) is 3.31. The van der Waals surface area contributed by atoms with E-state index in [-0.39, 0.29) is 5.91 Å². The van der Waals surface area contributed by atoms with Crippen molar-refractivity contribution in [2.45, 2.75) is 26.3 Å². The van der Waals surface area contributed by atoms with Gasteiger partial charge in [-0.05, 0) is 41.8 Å². The standard InChI is InChI=1S/C19H23N3O3/c1-4-19(23)21-18-6-5-15(11-20-18)22-8-7-13-9-16(24-2)17(25-3)10-14(13)12-22/h5-6,9-11H,4,7-8,12H2,1-3H3,(H,20,21,23). The van der Waals surface area contributed by atoms with E-state index in [2.05, 4.69) is 21.3 Å². The van der Waals surface area contributed by atoms with Crippen LogP contribution in [0.15, 0.2) is 30.5 Å². The van der Waals surface area contributed by atoms with E-state index in [4.69, 9.17) is 9.47 Å². The van der Waals surface area contributed by atoms with Crippen LogP contribution in [-0.4, -0.2) is 31.7 Å². The fourth-order valence-corrected chi connectivity index (χ4v) is 2.98. The van der Waals surface area contributed by atoms with Gasteiger partial charge in [0.2, 0.25) is 5.91 Å². The van der Waals surface area contributed by atoms with Gasteiger partial charge in [-0.25, -0.2) is 4.98 Å². The zero-order valence-corrected chi connectivity index (χ0v) is 14.8. The third kappa shape index (κ3) is 3.68. The number of carbonyl (C=O) groups is 1. The largest absolute Gasteiger partial charge is 0.493 e. The molecule has 0 atom stereocenters. The first-order valence-electron chi connectivity index (χ1n) is 8.39. The van der Waals surface area contributed by atoms with E-state index in [0.29, 0.717) is 12.2 Å². The Morgan fingerprint density at radius 3 is 2.52 bits per heavy atom. The number of nitrogens with zero attached hydrogens (tertiary/aromatic N) is 2. The smallest absolute Gasteiger partial charge is 0.225 e. The fourth-order valence-electron chi connectivity index (χ4n) is 2.98. The van der Waals surface area contributed by atoms with Gasteiger partial charge in [0.15, 0.2) is 11.5 Å². The number of amides is 1. The van der Waals surface area contributed by atoms with E-state index in [1.807, 2.05) is 25.1 Å². The molecule has 0 fully saturated rings. The second-order valence-electron chi connectivity index (χ2n) is 5.95. The molecule has 3 rings (SSSR count). The minimum Gasteiger partial charge on any atom is -0.493 e. The number of benzene rings is 1. The maximum absolute atomic E-state index is 11.4. The molecular weight excluding hydrogens is 318 g/mol. The van der Waals surface area contributed by atoms with Gasteiger partial charge in [0.25, 0.3) is 0 Å². The number of hydrogen-bond acceptors (Lipinski definition) is 5. The Bertz CT molecular complexity index is 759. The summed E-state index contributed by atoms with van der Waals surface area (Å²) in [4.78, 5) is 18.0. The maximum Gasteiger partial charge on any atom is 0.225 e. The predicted octanol–water partition coefficient (Wildman–Crippen LogP) is 3.01. The maximum atomic E-state index is 11.4. The van der Waals surface area contributed by atoms with Crippen molar-refractivity contribution in [3.05, 3.63) is 41.6 Å². The Kier molecular flexibility index (Phi) is 5.07. The van der Waals surface area contributed by atoms with Gasteiger partial charge >= 0.3 is 0 Å². The minimum absolute atomic E-state index is 0.0341. The molecule has 0 unspecified atom stereocenters. The third-order valence-electron chi connectivity index (χ3n) is 4.42. The molecule has 0 aliphatic carbocycles. The molecule has 0 radical (unpaired) electrons. The average molecular weight is 341 g/mol. The molecule has 25 heavy (non-hydrogen) atoms. The van der Waals surface area contributed by atoms with Crippen LogP contribution in [-0.2, 0) is 17.8 Å². The van der Waals surface area contributed by atoms with Crippen molar-refractivity contribution in [3.8, 4) is 11.5 Å². The fraction of sp³-hybridized carbons (Fsp3) is 0.368. The molecule has 1 N–H and O–H groups in total. The van der Waals surface area contributed by atoms with E-state index in [1.54, 1.807) is 20.4 Å². The van der Waals surface area contributed by atoms with Gasteiger partial charge in [-0.1, -0.05) is 6.92 Å². The van der Waals surface area contributed by atoms with Crippen LogP contribution >= 0.6 is 0 Å². The van der Waals surface area contributed by atoms with Crippen LogP contribution in [0.1, 0.15) is 24.5 Å². The molecule has 2 heterocycles. The highest BCUT2D eigenvalue weighted by Gasteiger charge is 2.20.